The van der Waals surface area contributed by atoms with Crippen LogP contribution < -0.4 is 5.73 Å². The maximum Gasteiger partial charge on any atom is 0.0557 e. The predicted molar refractivity (Wildman–Crippen MR) is 90.3 cm³/mol. The van der Waals surface area contributed by atoms with Crippen molar-refractivity contribution in [3.8, 4) is 0 Å². The van der Waals surface area contributed by atoms with Gasteiger partial charge in [0.25, 0.3) is 0 Å². The molecule has 0 radical (unpaired) electrons. The van der Waals surface area contributed by atoms with Gasteiger partial charge < -0.3 is 5.73 Å². The first-order valence-electron chi connectivity index (χ1n) is 6.92. The fraction of sp³-hybridized carbons (Fsp3) is 0.333. The Hall–Kier alpha value is -1.12. The highest BCUT2D eigenvalue weighted by molar-refractivity contribution is 9.10. The molecule has 2 heteroatoms. The van der Waals surface area contributed by atoms with Crippen LogP contribution in [0.15, 0.2) is 28.7 Å². The van der Waals surface area contributed by atoms with Crippen molar-refractivity contribution >= 4 is 15.9 Å². The first-order valence-corrected chi connectivity index (χ1v) is 7.71. The summed E-state index contributed by atoms with van der Waals surface area (Å²) in [5.41, 5.74) is 15.7. The van der Waals surface area contributed by atoms with Crippen LogP contribution in [0.4, 0.5) is 0 Å². The topological polar surface area (TPSA) is 26.0 Å². The molecule has 0 aliphatic heterocycles. The fourth-order valence-electron chi connectivity index (χ4n) is 2.86. The molecule has 2 rings (SSSR count). The average molecular weight is 332 g/mol. The SMILES string of the molecule is Cc1c(C)c(C)c(C(N)c2cccc(Br)c2)c(C)c1C. The standard InChI is InChI=1S/C18H22BrN/c1-10-11(2)13(4)17(14(5)12(10)3)18(20)15-7-6-8-16(19)9-15/h6-9,18H,20H2,1-5H3. The molecule has 0 aliphatic carbocycles. The van der Waals surface area contributed by atoms with Gasteiger partial charge in [-0.05, 0) is 85.7 Å². The quantitative estimate of drug-likeness (QED) is 0.819. The van der Waals surface area contributed by atoms with E-state index < -0.39 is 0 Å². The van der Waals surface area contributed by atoms with Crippen LogP contribution in [0, 0.1) is 34.6 Å². The molecule has 0 bridgehead atoms. The molecule has 20 heavy (non-hydrogen) atoms. The molecule has 0 saturated heterocycles. The van der Waals surface area contributed by atoms with Gasteiger partial charge in [0, 0.05) is 4.47 Å². The molecule has 0 aromatic heterocycles. The average Bonchev–Trinajstić information content (AvgIpc) is 2.43. The third kappa shape index (κ3) is 2.55. The normalized spacial score (nSPS) is 12.6. The zero-order valence-electron chi connectivity index (χ0n) is 12.8. The Balaban J connectivity index is 2.64. The highest BCUT2D eigenvalue weighted by Gasteiger charge is 2.18. The molecule has 0 spiro atoms. The minimum atomic E-state index is -0.0782. The summed E-state index contributed by atoms with van der Waals surface area (Å²) in [6.07, 6.45) is 0. The lowest BCUT2D eigenvalue weighted by Crippen LogP contribution is -2.17. The Kier molecular flexibility index (Phi) is 4.36. The molecule has 0 aliphatic rings. The van der Waals surface area contributed by atoms with Gasteiger partial charge in [0.2, 0.25) is 0 Å². The molecule has 1 nitrogen and oxygen atoms in total. The lowest BCUT2D eigenvalue weighted by atomic mass is 9.84. The van der Waals surface area contributed by atoms with Gasteiger partial charge in [0.1, 0.15) is 0 Å². The molecule has 0 saturated carbocycles. The molecule has 1 atom stereocenters. The fourth-order valence-corrected chi connectivity index (χ4v) is 3.28. The number of halogens is 1. The van der Waals surface area contributed by atoms with Gasteiger partial charge in [0.15, 0.2) is 0 Å². The lowest BCUT2D eigenvalue weighted by molar-refractivity contribution is 0.842. The van der Waals surface area contributed by atoms with E-state index in [1.54, 1.807) is 0 Å². The smallest absolute Gasteiger partial charge is 0.0557 e. The van der Waals surface area contributed by atoms with E-state index >= 15 is 0 Å². The van der Waals surface area contributed by atoms with Gasteiger partial charge >= 0.3 is 0 Å². The van der Waals surface area contributed by atoms with E-state index in [4.69, 9.17) is 5.73 Å². The number of hydrogen-bond donors (Lipinski definition) is 1. The number of benzene rings is 2. The Bertz CT molecular complexity index is 630. The zero-order chi connectivity index (χ0) is 15.0. The van der Waals surface area contributed by atoms with E-state index in [-0.39, 0.29) is 6.04 Å². The summed E-state index contributed by atoms with van der Waals surface area (Å²) in [5.74, 6) is 0. The van der Waals surface area contributed by atoms with Crippen molar-refractivity contribution in [2.75, 3.05) is 0 Å². The van der Waals surface area contributed by atoms with Crippen molar-refractivity contribution in [1.29, 1.82) is 0 Å². The second-order valence-corrected chi connectivity index (χ2v) is 6.49. The summed E-state index contributed by atoms with van der Waals surface area (Å²) in [7, 11) is 0. The Morgan fingerprint density at radius 1 is 0.850 bits per heavy atom. The summed E-state index contributed by atoms with van der Waals surface area (Å²) in [6.45, 7) is 10.9. The van der Waals surface area contributed by atoms with Crippen LogP contribution in [0.25, 0.3) is 0 Å². The van der Waals surface area contributed by atoms with Crippen molar-refractivity contribution in [3.05, 3.63) is 67.7 Å². The van der Waals surface area contributed by atoms with E-state index in [0.29, 0.717) is 0 Å². The molecule has 2 aromatic rings. The van der Waals surface area contributed by atoms with Crippen LogP contribution in [0.5, 0.6) is 0 Å². The second-order valence-electron chi connectivity index (χ2n) is 5.57. The molecule has 106 valence electrons. The minimum absolute atomic E-state index is 0.0782. The summed E-state index contributed by atoms with van der Waals surface area (Å²) in [6, 6.07) is 8.19. The van der Waals surface area contributed by atoms with Gasteiger partial charge in [-0.1, -0.05) is 28.1 Å². The van der Waals surface area contributed by atoms with E-state index in [0.717, 1.165) is 10.0 Å². The highest BCUT2D eigenvalue weighted by atomic mass is 79.9. The third-order valence-corrected chi connectivity index (χ3v) is 5.07. The zero-order valence-corrected chi connectivity index (χ0v) is 14.4. The first-order chi connectivity index (χ1) is 9.34. The summed E-state index contributed by atoms with van der Waals surface area (Å²) < 4.78 is 1.07. The second kappa shape index (κ2) is 5.71. The van der Waals surface area contributed by atoms with E-state index in [2.05, 4.69) is 62.7 Å². The van der Waals surface area contributed by atoms with Gasteiger partial charge in [0.05, 0.1) is 6.04 Å². The highest BCUT2D eigenvalue weighted by Crippen LogP contribution is 2.33. The Morgan fingerprint density at radius 3 is 1.85 bits per heavy atom. The van der Waals surface area contributed by atoms with Gasteiger partial charge in [-0.25, -0.2) is 0 Å². The van der Waals surface area contributed by atoms with E-state index in [9.17, 15) is 0 Å². The van der Waals surface area contributed by atoms with Crippen molar-refractivity contribution in [2.45, 2.75) is 40.7 Å². The molecular formula is C18H22BrN. The first kappa shape index (κ1) is 15.3. The van der Waals surface area contributed by atoms with Gasteiger partial charge in [-0.2, -0.15) is 0 Å². The van der Waals surface area contributed by atoms with Crippen LogP contribution in [0.2, 0.25) is 0 Å². The monoisotopic (exact) mass is 331 g/mol. The predicted octanol–water partition coefficient (Wildman–Crippen LogP) is 5.04. The van der Waals surface area contributed by atoms with Crippen LogP contribution in [0.1, 0.15) is 45.0 Å². The van der Waals surface area contributed by atoms with E-state index in [1.807, 2.05) is 12.1 Å². The molecule has 1 unspecified atom stereocenters. The Labute approximate surface area is 130 Å². The van der Waals surface area contributed by atoms with Gasteiger partial charge in [-0.15, -0.1) is 0 Å². The van der Waals surface area contributed by atoms with Gasteiger partial charge in [-0.3, -0.25) is 0 Å². The summed E-state index contributed by atoms with van der Waals surface area (Å²) >= 11 is 3.53. The molecule has 0 heterocycles. The number of rotatable bonds is 2. The maximum atomic E-state index is 6.55. The molecule has 2 aromatic carbocycles. The van der Waals surface area contributed by atoms with Crippen LogP contribution >= 0.6 is 15.9 Å². The number of hydrogen-bond acceptors (Lipinski definition) is 1. The molecule has 2 N–H and O–H groups in total. The molecule has 0 fully saturated rings. The third-order valence-electron chi connectivity index (χ3n) is 4.58. The lowest BCUT2D eigenvalue weighted by Gasteiger charge is -2.23. The van der Waals surface area contributed by atoms with Crippen LogP contribution in [-0.4, -0.2) is 0 Å². The maximum absolute atomic E-state index is 6.55. The summed E-state index contributed by atoms with van der Waals surface area (Å²) in [5, 5.41) is 0. The minimum Gasteiger partial charge on any atom is -0.320 e. The van der Waals surface area contributed by atoms with Crippen molar-refractivity contribution < 1.29 is 0 Å². The van der Waals surface area contributed by atoms with Crippen molar-refractivity contribution in [2.24, 2.45) is 5.73 Å². The van der Waals surface area contributed by atoms with E-state index in [1.165, 1.54) is 33.4 Å². The number of nitrogens with two attached hydrogens (primary N) is 1. The summed E-state index contributed by atoms with van der Waals surface area (Å²) in [4.78, 5) is 0. The van der Waals surface area contributed by atoms with Crippen molar-refractivity contribution in [3.63, 3.8) is 0 Å². The Morgan fingerprint density at radius 2 is 1.35 bits per heavy atom. The molecular weight excluding hydrogens is 310 g/mol. The van der Waals surface area contributed by atoms with Crippen LogP contribution in [0.3, 0.4) is 0 Å². The molecule has 0 amide bonds. The largest absolute Gasteiger partial charge is 0.320 e. The van der Waals surface area contributed by atoms with Crippen molar-refractivity contribution in [1.82, 2.24) is 0 Å². The van der Waals surface area contributed by atoms with Crippen LogP contribution in [-0.2, 0) is 0 Å².